The lowest BCUT2D eigenvalue weighted by molar-refractivity contribution is 1.48. The van der Waals surface area contributed by atoms with Gasteiger partial charge >= 0.3 is 0 Å². The van der Waals surface area contributed by atoms with Gasteiger partial charge < -0.3 is 0 Å². The smallest absolute Gasteiger partial charge is 0.0992 e. The van der Waals surface area contributed by atoms with Gasteiger partial charge in [-0.15, -0.1) is 0 Å². The highest BCUT2D eigenvalue weighted by Gasteiger charge is 2.05. The summed E-state index contributed by atoms with van der Waals surface area (Å²) in [6.07, 6.45) is 0. The summed E-state index contributed by atoms with van der Waals surface area (Å²) in [4.78, 5) is 0. The molecule has 3 heteroatoms. The first-order chi connectivity index (χ1) is 10.7. The van der Waals surface area contributed by atoms with Crippen LogP contribution in [0.2, 0.25) is 10.0 Å². The Kier molecular flexibility index (Phi) is 4.15. The van der Waals surface area contributed by atoms with Crippen molar-refractivity contribution in [2.24, 2.45) is 0 Å². The number of hydrogen-bond acceptors (Lipinski definition) is 1. The summed E-state index contributed by atoms with van der Waals surface area (Å²) in [5.74, 6) is 0. The highest BCUT2D eigenvalue weighted by atomic mass is 35.5. The van der Waals surface area contributed by atoms with E-state index in [0.717, 1.165) is 22.3 Å². The SMILES string of the molecule is N#Cc1cc(-c2ccc(Cl)cc2)cc(-c2ccc(Cl)cc2)c1. The summed E-state index contributed by atoms with van der Waals surface area (Å²) in [7, 11) is 0. The maximum atomic E-state index is 9.28. The third kappa shape index (κ3) is 3.14. The van der Waals surface area contributed by atoms with Gasteiger partial charge in [0.2, 0.25) is 0 Å². The summed E-state index contributed by atoms with van der Waals surface area (Å²) in [6, 6.07) is 23.2. The predicted octanol–water partition coefficient (Wildman–Crippen LogP) is 6.20. The molecule has 0 aromatic heterocycles. The predicted molar refractivity (Wildman–Crippen MR) is 92.0 cm³/mol. The number of halogens is 2. The highest BCUT2D eigenvalue weighted by Crippen LogP contribution is 2.29. The van der Waals surface area contributed by atoms with Crippen LogP contribution in [-0.2, 0) is 0 Å². The van der Waals surface area contributed by atoms with Crippen molar-refractivity contribution in [3.05, 3.63) is 82.3 Å². The molecule has 0 atom stereocenters. The molecular formula is C19H11Cl2N. The van der Waals surface area contributed by atoms with Crippen molar-refractivity contribution in [1.82, 2.24) is 0 Å². The minimum Gasteiger partial charge on any atom is -0.192 e. The molecule has 0 aliphatic carbocycles. The van der Waals surface area contributed by atoms with E-state index in [0.29, 0.717) is 15.6 Å². The Labute approximate surface area is 139 Å². The van der Waals surface area contributed by atoms with Crippen LogP contribution in [0, 0.1) is 11.3 Å². The fourth-order valence-corrected chi connectivity index (χ4v) is 2.56. The van der Waals surface area contributed by atoms with Gasteiger partial charge in [-0.3, -0.25) is 0 Å². The number of nitriles is 1. The van der Waals surface area contributed by atoms with Crippen LogP contribution < -0.4 is 0 Å². The Hall–Kier alpha value is -2.27. The Morgan fingerprint density at radius 1 is 0.591 bits per heavy atom. The molecule has 0 N–H and O–H groups in total. The van der Waals surface area contributed by atoms with Crippen molar-refractivity contribution in [3.8, 4) is 28.3 Å². The fraction of sp³-hybridized carbons (Fsp3) is 0. The fourth-order valence-electron chi connectivity index (χ4n) is 2.31. The van der Waals surface area contributed by atoms with E-state index < -0.39 is 0 Å². The van der Waals surface area contributed by atoms with E-state index in [-0.39, 0.29) is 0 Å². The third-order valence-corrected chi connectivity index (χ3v) is 3.92. The second-order valence-electron chi connectivity index (χ2n) is 4.92. The molecule has 3 aromatic rings. The molecule has 0 saturated heterocycles. The highest BCUT2D eigenvalue weighted by molar-refractivity contribution is 6.30. The number of benzene rings is 3. The Morgan fingerprint density at radius 2 is 1.00 bits per heavy atom. The van der Waals surface area contributed by atoms with Crippen molar-refractivity contribution < 1.29 is 0 Å². The zero-order valence-electron chi connectivity index (χ0n) is 11.6. The summed E-state index contributed by atoms with van der Waals surface area (Å²) >= 11 is 11.9. The Bertz CT molecular complexity index is 780. The lowest BCUT2D eigenvalue weighted by Gasteiger charge is -2.08. The molecule has 3 rings (SSSR count). The van der Waals surface area contributed by atoms with Crippen molar-refractivity contribution in [1.29, 1.82) is 5.26 Å². The minimum atomic E-state index is 0.623. The van der Waals surface area contributed by atoms with Gasteiger partial charge in [-0.05, 0) is 64.7 Å². The lowest BCUT2D eigenvalue weighted by Crippen LogP contribution is -1.85. The molecule has 0 amide bonds. The van der Waals surface area contributed by atoms with Gasteiger partial charge in [0.15, 0.2) is 0 Å². The first-order valence-corrected chi connectivity index (χ1v) is 7.48. The van der Waals surface area contributed by atoms with Gasteiger partial charge in [0, 0.05) is 10.0 Å². The molecule has 0 heterocycles. The molecule has 0 saturated carbocycles. The van der Waals surface area contributed by atoms with Gasteiger partial charge in [0.1, 0.15) is 0 Å². The van der Waals surface area contributed by atoms with Crippen molar-refractivity contribution in [2.75, 3.05) is 0 Å². The zero-order chi connectivity index (χ0) is 15.5. The molecule has 0 unspecified atom stereocenters. The molecule has 22 heavy (non-hydrogen) atoms. The van der Waals surface area contributed by atoms with Crippen molar-refractivity contribution >= 4 is 23.2 Å². The quantitative estimate of drug-likeness (QED) is 0.550. The number of hydrogen-bond donors (Lipinski definition) is 0. The van der Waals surface area contributed by atoms with E-state index in [2.05, 4.69) is 12.1 Å². The molecule has 3 aromatic carbocycles. The summed E-state index contributed by atoms with van der Waals surface area (Å²) in [6.45, 7) is 0. The molecule has 0 spiro atoms. The summed E-state index contributed by atoms with van der Waals surface area (Å²) in [5, 5.41) is 10.7. The van der Waals surface area contributed by atoms with Crippen LogP contribution in [-0.4, -0.2) is 0 Å². The minimum absolute atomic E-state index is 0.623. The first kappa shape index (κ1) is 14.7. The third-order valence-electron chi connectivity index (χ3n) is 3.42. The van der Waals surface area contributed by atoms with Gasteiger partial charge in [0.25, 0.3) is 0 Å². The van der Waals surface area contributed by atoms with Gasteiger partial charge in [0.05, 0.1) is 11.6 Å². The number of rotatable bonds is 2. The van der Waals surface area contributed by atoms with Crippen LogP contribution in [0.4, 0.5) is 0 Å². The second kappa shape index (κ2) is 6.23. The van der Waals surface area contributed by atoms with Crippen LogP contribution in [0.3, 0.4) is 0 Å². The van der Waals surface area contributed by atoms with E-state index in [1.807, 2.05) is 60.7 Å². The van der Waals surface area contributed by atoms with E-state index in [4.69, 9.17) is 23.2 Å². The van der Waals surface area contributed by atoms with Gasteiger partial charge in [-0.1, -0.05) is 47.5 Å². The molecule has 0 fully saturated rings. The summed E-state index contributed by atoms with van der Waals surface area (Å²) in [5.41, 5.74) is 4.65. The van der Waals surface area contributed by atoms with Crippen molar-refractivity contribution in [2.45, 2.75) is 0 Å². The standard InChI is InChI=1S/C19H11Cl2N/c20-18-5-1-14(2-6-18)16-9-13(12-22)10-17(11-16)15-3-7-19(21)8-4-15/h1-11H. The maximum absolute atomic E-state index is 9.28. The van der Waals surface area contributed by atoms with Crippen LogP contribution in [0.5, 0.6) is 0 Å². The normalized spacial score (nSPS) is 10.2. The van der Waals surface area contributed by atoms with E-state index in [9.17, 15) is 5.26 Å². The van der Waals surface area contributed by atoms with Crippen LogP contribution >= 0.6 is 23.2 Å². The molecule has 1 nitrogen and oxygen atoms in total. The molecular weight excluding hydrogens is 313 g/mol. The van der Waals surface area contributed by atoms with Crippen LogP contribution in [0.15, 0.2) is 66.7 Å². The molecule has 106 valence electrons. The largest absolute Gasteiger partial charge is 0.192 e. The first-order valence-electron chi connectivity index (χ1n) is 6.73. The Balaban J connectivity index is 2.12. The van der Waals surface area contributed by atoms with Gasteiger partial charge in [-0.25, -0.2) is 0 Å². The Morgan fingerprint density at radius 3 is 1.36 bits per heavy atom. The van der Waals surface area contributed by atoms with E-state index in [1.54, 1.807) is 0 Å². The average molecular weight is 324 g/mol. The maximum Gasteiger partial charge on any atom is 0.0992 e. The summed E-state index contributed by atoms with van der Waals surface area (Å²) < 4.78 is 0. The van der Waals surface area contributed by atoms with Crippen LogP contribution in [0.25, 0.3) is 22.3 Å². The van der Waals surface area contributed by atoms with Crippen molar-refractivity contribution in [3.63, 3.8) is 0 Å². The second-order valence-corrected chi connectivity index (χ2v) is 5.80. The zero-order valence-corrected chi connectivity index (χ0v) is 13.1. The topological polar surface area (TPSA) is 23.8 Å². The number of nitrogens with zero attached hydrogens (tertiary/aromatic N) is 1. The lowest BCUT2D eigenvalue weighted by atomic mass is 9.96. The monoisotopic (exact) mass is 323 g/mol. The average Bonchev–Trinajstić information content (AvgIpc) is 2.55. The van der Waals surface area contributed by atoms with Gasteiger partial charge in [-0.2, -0.15) is 5.26 Å². The molecule has 0 radical (unpaired) electrons. The van der Waals surface area contributed by atoms with Crippen LogP contribution in [0.1, 0.15) is 5.56 Å². The van der Waals surface area contributed by atoms with E-state index >= 15 is 0 Å². The van der Waals surface area contributed by atoms with E-state index in [1.165, 1.54) is 0 Å². The molecule has 0 bridgehead atoms. The molecule has 0 aliphatic rings. The molecule has 0 aliphatic heterocycles.